The van der Waals surface area contributed by atoms with Gasteiger partial charge in [-0.1, -0.05) is 20.8 Å². The maximum Gasteiger partial charge on any atom is 0.259 e. The Labute approximate surface area is 211 Å². The SMILES string of the molecule is CC(C)(C)[C@H](Nc1nc(N)n2nc(-c3ccco3)nc2n1)C(=O)N1CCN(c2ccc(F)cc2F)CC1. The summed E-state index contributed by atoms with van der Waals surface area (Å²) in [7, 11) is 0. The molecule has 3 aromatic heterocycles. The van der Waals surface area contributed by atoms with Crippen LogP contribution < -0.4 is 16.0 Å². The number of carbonyl (C=O) groups is 1. The van der Waals surface area contributed by atoms with Crippen molar-refractivity contribution in [1.82, 2.24) is 29.5 Å². The fourth-order valence-electron chi connectivity index (χ4n) is 4.25. The lowest BCUT2D eigenvalue weighted by molar-refractivity contribution is -0.134. The van der Waals surface area contributed by atoms with Crippen LogP contribution in [0.5, 0.6) is 0 Å². The van der Waals surface area contributed by atoms with Crippen LogP contribution in [0.25, 0.3) is 17.4 Å². The number of hydrogen-bond donors (Lipinski definition) is 2. The molecule has 0 saturated carbocycles. The third kappa shape index (κ3) is 4.88. The lowest BCUT2D eigenvalue weighted by Crippen LogP contribution is -2.56. The molecule has 0 spiro atoms. The normalized spacial score (nSPS) is 15.3. The Balaban J connectivity index is 1.33. The van der Waals surface area contributed by atoms with Gasteiger partial charge in [0.05, 0.1) is 12.0 Å². The lowest BCUT2D eigenvalue weighted by atomic mass is 9.85. The average molecular weight is 512 g/mol. The quantitative estimate of drug-likeness (QED) is 0.415. The van der Waals surface area contributed by atoms with Gasteiger partial charge in [0.15, 0.2) is 5.76 Å². The number of halogens is 2. The summed E-state index contributed by atoms with van der Waals surface area (Å²) in [5, 5.41) is 7.42. The number of furan rings is 1. The van der Waals surface area contributed by atoms with Crippen LogP contribution in [0.15, 0.2) is 41.0 Å². The third-order valence-corrected chi connectivity index (χ3v) is 6.20. The van der Waals surface area contributed by atoms with Crippen molar-refractivity contribution >= 4 is 29.3 Å². The topological polar surface area (TPSA) is 131 Å². The number of nitrogens with two attached hydrogens (primary N) is 1. The van der Waals surface area contributed by atoms with Gasteiger partial charge in [-0.3, -0.25) is 4.79 Å². The standard InChI is InChI=1S/C24H27F2N9O2/c1-24(2,3)18(20(36)34-10-8-33(9-11-34)16-7-6-14(25)13-15(16)26)28-22-30-21(27)35-23(31-22)29-19(32-35)17-5-4-12-37-17/h4-7,12-13,18H,8-11H2,1-3H3,(H3,27,28,29,30,31,32)/t18-/m1/s1. The van der Waals surface area contributed by atoms with E-state index in [4.69, 9.17) is 10.2 Å². The van der Waals surface area contributed by atoms with E-state index in [1.165, 1.54) is 22.9 Å². The van der Waals surface area contributed by atoms with Crippen LogP contribution in [0.1, 0.15) is 20.8 Å². The molecule has 1 aliphatic heterocycles. The summed E-state index contributed by atoms with van der Waals surface area (Å²) in [5.74, 6) is -0.232. The number of fused-ring (bicyclic) bond motifs is 1. The van der Waals surface area contributed by atoms with Crippen molar-refractivity contribution in [2.24, 2.45) is 5.41 Å². The molecule has 3 N–H and O–H groups in total. The molecule has 5 rings (SSSR count). The third-order valence-electron chi connectivity index (χ3n) is 6.20. The number of nitrogens with zero attached hydrogens (tertiary/aromatic N) is 7. The molecule has 0 radical (unpaired) electrons. The van der Waals surface area contributed by atoms with Gasteiger partial charge in [-0.05, 0) is 29.7 Å². The zero-order chi connectivity index (χ0) is 26.3. The van der Waals surface area contributed by atoms with Crippen molar-refractivity contribution in [2.75, 3.05) is 42.1 Å². The Kier molecular flexibility index (Phi) is 6.13. The Hall–Kier alpha value is -4.29. The molecule has 0 bridgehead atoms. The molecule has 37 heavy (non-hydrogen) atoms. The number of nitrogen functional groups attached to an aromatic ring is 1. The highest BCUT2D eigenvalue weighted by molar-refractivity contribution is 5.85. The molecule has 1 saturated heterocycles. The van der Waals surface area contributed by atoms with E-state index >= 15 is 0 Å². The van der Waals surface area contributed by atoms with Crippen LogP contribution in [0, 0.1) is 17.0 Å². The maximum absolute atomic E-state index is 14.2. The van der Waals surface area contributed by atoms with Gasteiger partial charge in [0.1, 0.15) is 17.7 Å². The summed E-state index contributed by atoms with van der Waals surface area (Å²) in [5.41, 5.74) is 5.92. The summed E-state index contributed by atoms with van der Waals surface area (Å²) in [6.07, 6.45) is 1.51. The van der Waals surface area contributed by atoms with Gasteiger partial charge >= 0.3 is 0 Å². The first-order chi connectivity index (χ1) is 17.6. The molecule has 0 unspecified atom stereocenters. The number of aromatic nitrogens is 5. The number of rotatable bonds is 5. The van der Waals surface area contributed by atoms with Crippen LogP contribution in [0.4, 0.5) is 26.4 Å². The van der Waals surface area contributed by atoms with Crippen LogP contribution >= 0.6 is 0 Å². The first-order valence-electron chi connectivity index (χ1n) is 11.8. The Morgan fingerprint density at radius 3 is 2.51 bits per heavy atom. The summed E-state index contributed by atoms with van der Waals surface area (Å²) in [6.45, 7) is 7.37. The van der Waals surface area contributed by atoms with Crippen LogP contribution in [0.3, 0.4) is 0 Å². The Bertz CT molecular complexity index is 1420. The molecule has 4 aromatic rings. The fourth-order valence-corrected chi connectivity index (χ4v) is 4.25. The van der Waals surface area contributed by atoms with Gasteiger partial charge < -0.3 is 25.3 Å². The van der Waals surface area contributed by atoms with E-state index < -0.39 is 23.1 Å². The lowest BCUT2D eigenvalue weighted by Gasteiger charge is -2.40. The van der Waals surface area contributed by atoms with Crippen LogP contribution in [-0.4, -0.2) is 67.6 Å². The van der Waals surface area contributed by atoms with Gasteiger partial charge in [-0.15, -0.1) is 5.10 Å². The second-order valence-corrected chi connectivity index (χ2v) is 9.88. The molecule has 1 aliphatic rings. The maximum atomic E-state index is 14.2. The molecule has 11 nitrogen and oxygen atoms in total. The van der Waals surface area contributed by atoms with Crippen molar-refractivity contribution in [3.8, 4) is 11.6 Å². The minimum atomic E-state index is -0.684. The number of carbonyl (C=O) groups excluding carboxylic acids is 1. The molecule has 1 fully saturated rings. The van der Waals surface area contributed by atoms with Crippen molar-refractivity contribution in [1.29, 1.82) is 0 Å². The highest BCUT2D eigenvalue weighted by Crippen LogP contribution is 2.27. The highest BCUT2D eigenvalue weighted by Gasteiger charge is 2.36. The first kappa shape index (κ1) is 24.4. The van der Waals surface area contributed by atoms with Gasteiger partial charge in [0, 0.05) is 32.2 Å². The summed E-state index contributed by atoms with van der Waals surface area (Å²) in [4.78, 5) is 30.2. The summed E-state index contributed by atoms with van der Waals surface area (Å²) >= 11 is 0. The second-order valence-electron chi connectivity index (χ2n) is 9.88. The van der Waals surface area contributed by atoms with Gasteiger partial charge in [-0.25, -0.2) is 8.78 Å². The zero-order valence-corrected chi connectivity index (χ0v) is 20.7. The number of anilines is 3. The van der Waals surface area contributed by atoms with Crippen molar-refractivity contribution in [3.63, 3.8) is 0 Å². The van der Waals surface area contributed by atoms with Crippen LogP contribution in [0.2, 0.25) is 0 Å². The van der Waals surface area contributed by atoms with E-state index in [-0.39, 0.29) is 23.6 Å². The number of nitrogens with one attached hydrogen (secondary N) is 1. The van der Waals surface area contributed by atoms with E-state index in [9.17, 15) is 13.6 Å². The monoisotopic (exact) mass is 511 g/mol. The van der Waals surface area contributed by atoms with E-state index in [2.05, 4.69) is 25.4 Å². The minimum Gasteiger partial charge on any atom is -0.461 e. The zero-order valence-electron chi connectivity index (χ0n) is 20.7. The van der Waals surface area contributed by atoms with Crippen LogP contribution in [-0.2, 0) is 4.79 Å². The summed E-state index contributed by atoms with van der Waals surface area (Å²) in [6, 6.07) is 6.26. The molecule has 194 valence electrons. The summed E-state index contributed by atoms with van der Waals surface area (Å²) < 4.78 is 34.2. The van der Waals surface area contributed by atoms with Crippen molar-refractivity contribution in [2.45, 2.75) is 26.8 Å². The number of piperazine rings is 1. The molecule has 4 heterocycles. The molecule has 1 atom stereocenters. The highest BCUT2D eigenvalue weighted by atomic mass is 19.1. The van der Waals surface area contributed by atoms with E-state index in [1.807, 2.05) is 20.8 Å². The van der Waals surface area contributed by atoms with Crippen molar-refractivity contribution < 1.29 is 18.0 Å². The molecule has 13 heteroatoms. The number of amides is 1. The molecule has 1 amide bonds. The smallest absolute Gasteiger partial charge is 0.259 e. The van der Waals surface area contributed by atoms with Gasteiger partial charge in [0.25, 0.3) is 5.78 Å². The predicted molar refractivity (Wildman–Crippen MR) is 133 cm³/mol. The minimum absolute atomic E-state index is 0.0489. The van der Waals surface area contributed by atoms with E-state index in [0.29, 0.717) is 43.5 Å². The van der Waals surface area contributed by atoms with Crippen molar-refractivity contribution in [3.05, 3.63) is 48.2 Å². The average Bonchev–Trinajstić information content (AvgIpc) is 3.52. The van der Waals surface area contributed by atoms with E-state index in [0.717, 1.165) is 6.07 Å². The fraction of sp³-hybridized carbons (Fsp3) is 0.375. The molecular weight excluding hydrogens is 484 g/mol. The Morgan fingerprint density at radius 1 is 1.11 bits per heavy atom. The Morgan fingerprint density at radius 2 is 1.86 bits per heavy atom. The number of hydrogen-bond acceptors (Lipinski definition) is 9. The largest absolute Gasteiger partial charge is 0.461 e. The molecule has 1 aromatic carbocycles. The van der Waals surface area contributed by atoms with E-state index in [1.54, 1.807) is 21.9 Å². The number of benzene rings is 1. The molecular formula is C24H27F2N9O2. The predicted octanol–water partition coefficient (Wildman–Crippen LogP) is 2.82. The first-order valence-corrected chi connectivity index (χ1v) is 11.8. The van der Waals surface area contributed by atoms with Gasteiger partial charge in [0.2, 0.25) is 23.6 Å². The molecule has 0 aliphatic carbocycles. The van der Waals surface area contributed by atoms with Gasteiger partial charge in [-0.2, -0.15) is 19.5 Å². The second kappa shape index (κ2) is 9.30.